The van der Waals surface area contributed by atoms with Crippen molar-refractivity contribution in [3.63, 3.8) is 0 Å². The lowest BCUT2D eigenvalue weighted by atomic mass is 10.1. The Morgan fingerprint density at radius 3 is 2.73 bits per heavy atom. The number of carbonyl (C=O) groups is 1. The Kier molecular flexibility index (Phi) is 7.32. The number of methoxy groups -OCH3 is 1. The van der Waals surface area contributed by atoms with Crippen molar-refractivity contribution in [1.82, 2.24) is 19.4 Å². The van der Waals surface area contributed by atoms with Crippen LogP contribution >= 0.6 is 0 Å². The van der Waals surface area contributed by atoms with Crippen LogP contribution in [0.3, 0.4) is 0 Å². The summed E-state index contributed by atoms with van der Waals surface area (Å²) in [7, 11) is 7.71. The molecule has 0 fully saturated rings. The summed E-state index contributed by atoms with van der Waals surface area (Å²) in [5, 5.41) is 7.17. The van der Waals surface area contributed by atoms with Crippen LogP contribution in [0.1, 0.15) is 1.37 Å². The molecule has 4 aromatic rings. The van der Waals surface area contributed by atoms with Crippen LogP contribution < -0.4 is 20.3 Å². The largest absolute Gasteiger partial charge is 0.494 e. The lowest BCUT2D eigenvalue weighted by Gasteiger charge is -2.26. The van der Waals surface area contributed by atoms with E-state index in [9.17, 15) is 4.79 Å². The van der Waals surface area contributed by atoms with Crippen LogP contribution in [-0.4, -0.2) is 66.7 Å². The number of aryl methyl sites for hydroxylation is 1. The Labute approximate surface area is 218 Å². The molecule has 4 rings (SSSR count). The van der Waals surface area contributed by atoms with Crippen molar-refractivity contribution in [2.75, 3.05) is 56.9 Å². The number of likely N-dealkylation sites (N-methyl/N-ethyl adjacent to an activating group) is 2. The third-order valence-corrected chi connectivity index (χ3v) is 6.02. The molecular formula is C28H33N7O2. The number of anilines is 4. The van der Waals surface area contributed by atoms with E-state index in [1.165, 1.54) is 6.08 Å². The molecule has 2 aromatic carbocycles. The Balaban J connectivity index is 1.71. The zero-order chi connectivity index (χ0) is 27.2. The van der Waals surface area contributed by atoms with E-state index >= 15 is 0 Å². The molecule has 0 bridgehead atoms. The number of rotatable bonds is 10. The minimum Gasteiger partial charge on any atom is -0.494 e. The highest BCUT2D eigenvalue weighted by Gasteiger charge is 2.17. The number of nitrogens with zero attached hydrogens (tertiary/aromatic N) is 5. The fraction of sp³-hybridized carbons (Fsp3) is 0.250. The summed E-state index contributed by atoms with van der Waals surface area (Å²) in [6, 6.07) is 13.5. The number of para-hydroxylation sites is 1. The van der Waals surface area contributed by atoms with Gasteiger partial charge in [0.25, 0.3) is 0 Å². The van der Waals surface area contributed by atoms with E-state index in [0.29, 0.717) is 23.1 Å². The van der Waals surface area contributed by atoms with Crippen molar-refractivity contribution in [2.24, 2.45) is 7.02 Å². The van der Waals surface area contributed by atoms with E-state index in [2.05, 4.69) is 32.0 Å². The number of amides is 1. The number of hydrogen-bond donors (Lipinski definition) is 2. The minimum absolute atomic E-state index is 0.114. The van der Waals surface area contributed by atoms with E-state index in [1.54, 1.807) is 13.3 Å². The average Bonchev–Trinajstić information content (AvgIpc) is 3.31. The van der Waals surface area contributed by atoms with Crippen molar-refractivity contribution in [1.29, 1.82) is 0 Å². The summed E-state index contributed by atoms with van der Waals surface area (Å²) < 4.78 is 15.5. The molecule has 0 unspecified atom stereocenters. The molecule has 0 saturated heterocycles. The molecule has 0 aliphatic rings. The van der Waals surface area contributed by atoms with E-state index in [-0.39, 0.29) is 12.9 Å². The number of carbonyl (C=O) groups excluding carboxylic acids is 1. The Hall–Kier alpha value is -4.37. The van der Waals surface area contributed by atoms with Gasteiger partial charge in [-0.05, 0) is 38.4 Å². The molecule has 2 N–H and O–H groups in total. The fourth-order valence-electron chi connectivity index (χ4n) is 4.05. The first-order valence-corrected chi connectivity index (χ1v) is 11.8. The van der Waals surface area contributed by atoms with Crippen molar-refractivity contribution in [3.8, 4) is 17.0 Å². The second kappa shape index (κ2) is 11.1. The molecule has 9 heteroatoms. The number of hydrogen-bond acceptors (Lipinski definition) is 7. The number of nitrogens with one attached hydrogen (secondary N) is 2. The minimum atomic E-state index is -0.313. The maximum absolute atomic E-state index is 12.2. The van der Waals surface area contributed by atoms with Gasteiger partial charge in [0.05, 0.1) is 29.9 Å². The first-order valence-electron chi connectivity index (χ1n) is 12.5. The van der Waals surface area contributed by atoms with Gasteiger partial charge in [-0.1, -0.05) is 24.8 Å². The quantitative estimate of drug-likeness (QED) is 0.310. The topological polar surface area (TPSA) is 87.6 Å². The standard InChI is InChI=1S/C28H33N7O2/c1-7-27(36)30-22-16-23(26(37-6)17-25(22)34(4)15-14-33(2)3)32-28-29-13-12-21(31-28)20-18-35(5)24-11-9-8-10-19(20)24/h7-13,16-18H,1,14-15H2,2-6H3,(H,30,36)(H,29,31,32)/i5D. The van der Waals surface area contributed by atoms with Crippen molar-refractivity contribution >= 4 is 39.8 Å². The maximum atomic E-state index is 12.2. The monoisotopic (exact) mass is 500 g/mol. The lowest BCUT2D eigenvalue weighted by molar-refractivity contribution is -0.111. The second-order valence-electron chi connectivity index (χ2n) is 8.91. The van der Waals surface area contributed by atoms with E-state index in [0.717, 1.165) is 40.9 Å². The Morgan fingerprint density at radius 2 is 2.00 bits per heavy atom. The van der Waals surface area contributed by atoms with Gasteiger partial charge in [-0.3, -0.25) is 4.79 Å². The molecule has 37 heavy (non-hydrogen) atoms. The highest BCUT2D eigenvalue weighted by molar-refractivity contribution is 6.02. The van der Waals surface area contributed by atoms with Crippen molar-refractivity contribution < 1.29 is 10.9 Å². The van der Waals surface area contributed by atoms with Crippen molar-refractivity contribution in [2.45, 2.75) is 0 Å². The lowest BCUT2D eigenvalue weighted by Crippen LogP contribution is -2.29. The predicted molar refractivity (Wildman–Crippen MR) is 151 cm³/mol. The second-order valence-corrected chi connectivity index (χ2v) is 8.91. The maximum Gasteiger partial charge on any atom is 0.247 e. The van der Waals surface area contributed by atoms with Crippen LogP contribution in [0.2, 0.25) is 0 Å². The van der Waals surface area contributed by atoms with Gasteiger partial charge in [-0.25, -0.2) is 9.97 Å². The Morgan fingerprint density at radius 1 is 1.19 bits per heavy atom. The third kappa shape index (κ3) is 5.73. The van der Waals surface area contributed by atoms with E-state index in [1.807, 2.05) is 74.4 Å². The summed E-state index contributed by atoms with van der Waals surface area (Å²) in [6.07, 6.45) is 4.86. The normalized spacial score (nSPS) is 11.3. The molecule has 1 amide bonds. The van der Waals surface area contributed by atoms with Crippen LogP contribution in [-0.2, 0) is 11.8 Å². The van der Waals surface area contributed by atoms with Crippen LogP contribution in [0.5, 0.6) is 5.75 Å². The number of ether oxygens (including phenoxy) is 1. The molecular weight excluding hydrogens is 466 g/mol. The number of benzene rings is 2. The molecule has 192 valence electrons. The zero-order valence-electron chi connectivity index (χ0n) is 22.7. The molecule has 0 aliphatic heterocycles. The van der Waals surface area contributed by atoms with Gasteiger partial charge in [-0.2, -0.15) is 0 Å². The summed E-state index contributed by atoms with van der Waals surface area (Å²) in [5.74, 6) is 0.638. The highest BCUT2D eigenvalue weighted by Crippen LogP contribution is 2.38. The highest BCUT2D eigenvalue weighted by atomic mass is 16.5. The molecule has 0 radical (unpaired) electrons. The number of aromatic nitrogens is 3. The van der Waals surface area contributed by atoms with Crippen LogP contribution in [0.25, 0.3) is 22.2 Å². The fourth-order valence-corrected chi connectivity index (χ4v) is 4.05. The molecule has 0 atom stereocenters. The van der Waals surface area contributed by atoms with Gasteiger partial charge in [0.1, 0.15) is 5.75 Å². The zero-order valence-corrected chi connectivity index (χ0v) is 21.7. The SMILES string of the molecule is [2H]Cn1cc(-c2ccnc(Nc3cc(NC(=O)C=C)c(N(C)CCN(C)C)cc3OC)n2)c2ccccc21. The van der Waals surface area contributed by atoms with Crippen LogP contribution in [0.15, 0.2) is 67.5 Å². The summed E-state index contributed by atoms with van der Waals surface area (Å²) in [4.78, 5) is 25.6. The molecule has 0 spiro atoms. The van der Waals surface area contributed by atoms with Gasteiger partial charge >= 0.3 is 0 Å². The van der Waals surface area contributed by atoms with E-state index in [4.69, 9.17) is 11.1 Å². The first-order chi connectivity index (χ1) is 18.3. The van der Waals surface area contributed by atoms with Crippen LogP contribution in [0.4, 0.5) is 23.0 Å². The van der Waals surface area contributed by atoms with Gasteiger partial charge in [0.15, 0.2) is 0 Å². The predicted octanol–water partition coefficient (Wildman–Crippen LogP) is 4.51. The first kappa shape index (κ1) is 24.3. The molecule has 0 saturated carbocycles. The van der Waals surface area contributed by atoms with Gasteiger partial charge in [0.2, 0.25) is 11.9 Å². The molecule has 0 aliphatic carbocycles. The number of fused-ring (bicyclic) bond motifs is 1. The third-order valence-electron chi connectivity index (χ3n) is 6.02. The van der Waals surface area contributed by atoms with Gasteiger partial charge in [0, 0.05) is 63.5 Å². The smallest absolute Gasteiger partial charge is 0.247 e. The van der Waals surface area contributed by atoms with Crippen LogP contribution in [0, 0.1) is 0 Å². The van der Waals surface area contributed by atoms with E-state index < -0.39 is 0 Å². The average molecular weight is 501 g/mol. The molecule has 2 aromatic heterocycles. The molecule has 9 nitrogen and oxygen atoms in total. The van der Waals surface area contributed by atoms with Gasteiger partial charge < -0.3 is 29.7 Å². The van der Waals surface area contributed by atoms with Gasteiger partial charge in [-0.15, -0.1) is 0 Å². The summed E-state index contributed by atoms with van der Waals surface area (Å²) >= 11 is 0. The molecule has 2 heterocycles. The Bertz CT molecular complexity index is 1450. The summed E-state index contributed by atoms with van der Waals surface area (Å²) in [5.41, 5.74) is 4.63. The van der Waals surface area contributed by atoms with Crippen molar-refractivity contribution in [3.05, 3.63) is 67.5 Å². The summed E-state index contributed by atoms with van der Waals surface area (Å²) in [6.45, 7) is 5.16.